The third-order valence-electron chi connectivity index (χ3n) is 4.88. The summed E-state index contributed by atoms with van der Waals surface area (Å²) >= 11 is 0. The smallest absolute Gasteiger partial charge is 0.198 e. The Morgan fingerprint density at radius 2 is 1.79 bits per heavy atom. The van der Waals surface area contributed by atoms with Crippen LogP contribution in [0.2, 0.25) is 0 Å². The van der Waals surface area contributed by atoms with Crippen LogP contribution in [-0.2, 0) is 6.42 Å². The van der Waals surface area contributed by atoms with Crippen LogP contribution in [0.1, 0.15) is 30.2 Å². The molecule has 24 heavy (non-hydrogen) atoms. The van der Waals surface area contributed by atoms with E-state index < -0.39 is 0 Å². The van der Waals surface area contributed by atoms with Crippen LogP contribution in [0.3, 0.4) is 0 Å². The van der Waals surface area contributed by atoms with E-state index in [1.165, 1.54) is 17.7 Å². The zero-order valence-corrected chi connectivity index (χ0v) is 13.6. The highest BCUT2D eigenvalue weighted by molar-refractivity contribution is 5.72. The molecule has 0 spiro atoms. The third-order valence-corrected chi connectivity index (χ3v) is 4.88. The SMILES string of the molecule is Fc1ccc(CCN2CCC(c3nc4ccccc4o3)CC2)cc1. The minimum Gasteiger partial charge on any atom is -0.440 e. The van der Waals surface area contributed by atoms with Crippen molar-refractivity contribution >= 4 is 11.1 Å². The molecule has 0 radical (unpaired) electrons. The molecule has 1 aliphatic heterocycles. The molecular weight excluding hydrogens is 303 g/mol. The van der Waals surface area contributed by atoms with E-state index in [0.29, 0.717) is 5.92 Å². The molecule has 1 aliphatic rings. The van der Waals surface area contributed by atoms with Gasteiger partial charge in [0, 0.05) is 12.5 Å². The first-order chi connectivity index (χ1) is 11.8. The van der Waals surface area contributed by atoms with Crippen molar-refractivity contribution in [3.05, 3.63) is 65.8 Å². The summed E-state index contributed by atoms with van der Waals surface area (Å²) in [5.74, 6) is 1.13. The standard InChI is InChI=1S/C20H21FN2O/c21-17-7-5-15(6-8-17)9-12-23-13-10-16(11-14-23)20-22-18-3-1-2-4-19(18)24-20/h1-8,16H,9-14H2. The van der Waals surface area contributed by atoms with Gasteiger partial charge in [0.1, 0.15) is 11.3 Å². The van der Waals surface area contributed by atoms with Crippen LogP contribution < -0.4 is 0 Å². The fraction of sp³-hybridized carbons (Fsp3) is 0.350. The van der Waals surface area contributed by atoms with Gasteiger partial charge in [0.15, 0.2) is 11.5 Å². The molecule has 4 rings (SSSR count). The van der Waals surface area contributed by atoms with Gasteiger partial charge < -0.3 is 9.32 Å². The lowest BCUT2D eigenvalue weighted by Gasteiger charge is -2.30. The first kappa shape index (κ1) is 15.3. The molecule has 1 aromatic heterocycles. The quantitative estimate of drug-likeness (QED) is 0.713. The number of fused-ring (bicyclic) bond motifs is 1. The van der Waals surface area contributed by atoms with Crippen LogP contribution in [0.25, 0.3) is 11.1 Å². The zero-order chi connectivity index (χ0) is 16.4. The fourth-order valence-electron chi connectivity index (χ4n) is 3.41. The summed E-state index contributed by atoms with van der Waals surface area (Å²) in [5.41, 5.74) is 3.02. The lowest BCUT2D eigenvalue weighted by atomic mass is 9.96. The Hall–Kier alpha value is -2.20. The Morgan fingerprint density at radius 3 is 2.54 bits per heavy atom. The van der Waals surface area contributed by atoms with E-state index in [2.05, 4.69) is 9.88 Å². The van der Waals surface area contributed by atoms with E-state index >= 15 is 0 Å². The largest absolute Gasteiger partial charge is 0.440 e. The van der Waals surface area contributed by atoms with Gasteiger partial charge in [-0.2, -0.15) is 0 Å². The van der Waals surface area contributed by atoms with E-state index in [1.807, 2.05) is 36.4 Å². The maximum Gasteiger partial charge on any atom is 0.198 e. The number of likely N-dealkylation sites (tertiary alicyclic amines) is 1. The summed E-state index contributed by atoms with van der Waals surface area (Å²) in [6.45, 7) is 3.14. The van der Waals surface area contributed by atoms with E-state index in [-0.39, 0.29) is 5.82 Å². The fourth-order valence-corrected chi connectivity index (χ4v) is 3.41. The molecule has 0 atom stereocenters. The van der Waals surface area contributed by atoms with Crippen molar-refractivity contribution in [1.29, 1.82) is 0 Å². The van der Waals surface area contributed by atoms with Gasteiger partial charge in [-0.1, -0.05) is 24.3 Å². The van der Waals surface area contributed by atoms with Gasteiger partial charge in [0.05, 0.1) is 0 Å². The summed E-state index contributed by atoms with van der Waals surface area (Å²) < 4.78 is 18.9. The van der Waals surface area contributed by atoms with Gasteiger partial charge >= 0.3 is 0 Å². The van der Waals surface area contributed by atoms with Crippen LogP contribution in [0.15, 0.2) is 52.9 Å². The highest BCUT2D eigenvalue weighted by atomic mass is 19.1. The van der Waals surface area contributed by atoms with Gasteiger partial charge in [-0.3, -0.25) is 0 Å². The van der Waals surface area contributed by atoms with Crippen molar-refractivity contribution in [3.8, 4) is 0 Å². The van der Waals surface area contributed by atoms with Crippen molar-refractivity contribution < 1.29 is 8.81 Å². The molecule has 124 valence electrons. The molecule has 1 fully saturated rings. The topological polar surface area (TPSA) is 29.3 Å². The molecule has 0 N–H and O–H groups in total. The summed E-state index contributed by atoms with van der Waals surface area (Å²) in [5, 5.41) is 0. The molecule has 4 heteroatoms. The predicted octanol–water partition coefficient (Wildman–Crippen LogP) is 4.39. The van der Waals surface area contributed by atoms with E-state index in [9.17, 15) is 4.39 Å². The second kappa shape index (κ2) is 6.73. The second-order valence-corrected chi connectivity index (χ2v) is 6.51. The normalized spacial score (nSPS) is 16.7. The molecule has 3 nitrogen and oxygen atoms in total. The highest BCUT2D eigenvalue weighted by Gasteiger charge is 2.24. The number of hydrogen-bond acceptors (Lipinski definition) is 3. The lowest BCUT2D eigenvalue weighted by molar-refractivity contribution is 0.203. The Bertz CT molecular complexity index is 771. The predicted molar refractivity (Wildman–Crippen MR) is 92.5 cm³/mol. The molecule has 2 heterocycles. The van der Waals surface area contributed by atoms with Gasteiger partial charge in [0.25, 0.3) is 0 Å². The second-order valence-electron chi connectivity index (χ2n) is 6.51. The zero-order valence-electron chi connectivity index (χ0n) is 13.6. The number of para-hydroxylation sites is 2. The lowest BCUT2D eigenvalue weighted by Crippen LogP contribution is -2.34. The van der Waals surface area contributed by atoms with Crippen molar-refractivity contribution in [2.75, 3.05) is 19.6 Å². The third kappa shape index (κ3) is 3.34. The number of piperidine rings is 1. The van der Waals surface area contributed by atoms with Crippen LogP contribution in [-0.4, -0.2) is 29.5 Å². The minimum atomic E-state index is -0.169. The number of halogens is 1. The monoisotopic (exact) mass is 324 g/mol. The van der Waals surface area contributed by atoms with Crippen molar-refractivity contribution in [3.63, 3.8) is 0 Å². The van der Waals surface area contributed by atoms with Gasteiger partial charge in [0.2, 0.25) is 0 Å². The van der Waals surface area contributed by atoms with Crippen LogP contribution in [0.4, 0.5) is 4.39 Å². The van der Waals surface area contributed by atoms with Gasteiger partial charge in [-0.05, 0) is 62.2 Å². The van der Waals surface area contributed by atoms with Crippen LogP contribution >= 0.6 is 0 Å². The van der Waals surface area contributed by atoms with Crippen molar-refractivity contribution in [1.82, 2.24) is 9.88 Å². The molecule has 2 aromatic carbocycles. The summed E-state index contributed by atoms with van der Waals surface area (Å²) in [7, 11) is 0. The first-order valence-corrected chi connectivity index (χ1v) is 8.60. The Labute approximate surface area is 141 Å². The van der Waals surface area contributed by atoms with Crippen molar-refractivity contribution in [2.24, 2.45) is 0 Å². The number of nitrogens with zero attached hydrogens (tertiary/aromatic N) is 2. The number of oxazole rings is 1. The van der Waals surface area contributed by atoms with Gasteiger partial charge in [-0.25, -0.2) is 9.37 Å². The molecule has 0 unspecified atom stereocenters. The van der Waals surface area contributed by atoms with Crippen LogP contribution in [0.5, 0.6) is 0 Å². The Balaban J connectivity index is 1.32. The van der Waals surface area contributed by atoms with Crippen molar-refractivity contribution in [2.45, 2.75) is 25.2 Å². The van der Waals surface area contributed by atoms with Crippen LogP contribution in [0, 0.1) is 5.82 Å². The molecule has 0 bridgehead atoms. The molecule has 3 aromatic rings. The summed E-state index contributed by atoms with van der Waals surface area (Å²) in [4.78, 5) is 7.12. The highest BCUT2D eigenvalue weighted by Crippen LogP contribution is 2.29. The summed E-state index contributed by atoms with van der Waals surface area (Å²) in [6.07, 6.45) is 3.13. The molecule has 0 aliphatic carbocycles. The average molecular weight is 324 g/mol. The number of rotatable bonds is 4. The average Bonchev–Trinajstić information content (AvgIpc) is 3.06. The maximum absolute atomic E-state index is 12.9. The number of hydrogen-bond donors (Lipinski definition) is 0. The Kier molecular flexibility index (Phi) is 4.30. The maximum atomic E-state index is 12.9. The summed E-state index contributed by atoms with van der Waals surface area (Å²) in [6, 6.07) is 14.8. The minimum absolute atomic E-state index is 0.169. The van der Waals surface area contributed by atoms with E-state index in [1.54, 1.807) is 0 Å². The van der Waals surface area contributed by atoms with Gasteiger partial charge in [-0.15, -0.1) is 0 Å². The number of aromatic nitrogens is 1. The molecule has 1 saturated heterocycles. The molecular formula is C20H21FN2O. The number of benzene rings is 2. The van der Waals surface area contributed by atoms with E-state index in [4.69, 9.17) is 4.42 Å². The first-order valence-electron chi connectivity index (χ1n) is 8.60. The Morgan fingerprint density at radius 1 is 1.04 bits per heavy atom. The van der Waals surface area contributed by atoms with E-state index in [0.717, 1.165) is 55.9 Å². The molecule has 0 saturated carbocycles. The molecule has 0 amide bonds.